The summed E-state index contributed by atoms with van der Waals surface area (Å²) in [6.45, 7) is 0. The van der Waals surface area contributed by atoms with Crippen molar-refractivity contribution in [2.75, 3.05) is 12.9 Å². The van der Waals surface area contributed by atoms with Crippen LogP contribution >= 0.6 is 23.4 Å². The van der Waals surface area contributed by atoms with Crippen LogP contribution in [0, 0.1) is 0 Å². The van der Waals surface area contributed by atoms with E-state index in [0.717, 1.165) is 4.90 Å². The van der Waals surface area contributed by atoms with Crippen molar-refractivity contribution in [2.24, 2.45) is 0 Å². The van der Waals surface area contributed by atoms with E-state index in [1.165, 1.54) is 11.8 Å². The van der Waals surface area contributed by atoms with E-state index in [0.29, 0.717) is 22.1 Å². The predicted molar refractivity (Wildman–Crippen MR) is 77.3 cm³/mol. The van der Waals surface area contributed by atoms with Gasteiger partial charge in [-0.25, -0.2) is 0 Å². The summed E-state index contributed by atoms with van der Waals surface area (Å²) < 4.78 is 5.05. The Bertz CT molecular complexity index is 575. The van der Waals surface area contributed by atoms with Crippen molar-refractivity contribution in [1.29, 1.82) is 0 Å². The Morgan fingerprint density at radius 1 is 1.32 bits per heavy atom. The Labute approximate surface area is 121 Å². The van der Waals surface area contributed by atoms with Crippen LogP contribution < -0.4 is 4.74 Å². The van der Waals surface area contributed by atoms with Crippen molar-refractivity contribution in [2.45, 2.75) is 4.90 Å². The first-order valence-corrected chi connectivity index (χ1v) is 6.96. The van der Waals surface area contributed by atoms with Crippen LogP contribution in [0.2, 0.25) is 5.02 Å². The highest BCUT2D eigenvalue weighted by Crippen LogP contribution is 2.26. The van der Waals surface area contributed by atoms with Crippen LogP contribution in [-0.2, 0) is 0 Å². The zero-order valence-corrected chi connectivity index (χ0v) is 11.9. The minimum Gasteiger partial charge on any atom is -0.495 e. The Kier molecular flexibility index (Phi) is 4.82. The Morgan fingerprint density at radius 3 is 2.68 bits per heavy atom. The van der Waals surface area contributed by atoms with Crippen LogP contribution in [0.4, 0.5) is 0 Å². The first kappa shape index (κ1) is 13.9. The number of benzene rings is 1. The molecule has 0 N–H and O–H groups in total. The lowest BCUT2D eigenvalue weighted by Gasteiger charge is -2.05. The third kappa shape index (κ3) is 3.72. The number of thioether (sulfide) groups is 1. The van der Waals surface area contributed by atoms with Gasteiger partial charge in [0, 0.05) is 22.9 Å². The van der Waals surface area contributed by atoms with Crippen LogP contribution in [-0.4, -0.2) is 23.6 Å². The second-order valence-corrected chi connectivity index (χ2v) is 5.20. The molecule has 1 aromatic carbocycles. The first-order chi connectivity index (χ1) is 9.20. The number of methoxy groups -OCH3 is 1. The van der Waals surface area contributed by atoms with Crippen LogP contribution in [0.15, 0.2) is 47.6 Å². The van der Waals surface area contributed by atoms with Gasteiger partial charge in [0.05, 0.1) is 17.9 Å². The largest absolute Gasteiger partial charge is 0.495 e. The van der Waals surface area contributed by atoms with Gasteiger partial charge in [0.15, 0.2) is 5.78 Å². The molecule has 0 spiro atoms. The molecule has 0 saturated heterocycles. The van der Waals surface area contributed by atoms with Crippen LogP contribution in [0.5, 0.6) is 5.75 Å². The number of carbonyl (C=O) groups excluding carboxylic acids is 1. The van der Waals surface area contributed by atoms with Crippen molar-refractivity contribution in [1.82, 2.24) is 4.98 Å². The van der Waals surface area contributed by atoms with Gasteiger partial charge < -0.3 is 4.74 Å². The third-order valence-corrected chi connectivity index (χ3v) is 3.80. The quantitative estimate of drug-likeness (QED) is 0.622. The zero-order chi connectivity index (χ0) is 13.7. The Hall–Kier alpha value is -1.52. The highest BCUT2D eigenvalue weighted by atomic mass is 35.5. The lowest BCUT2D eigenvalue weighted by Crippen LogP contribution is -2.02. The number of ketones is 1. The van der Waals surface area contributed by atoms with Gasteiger partial charge in [-0.15, -0.1) is 11.8 Å². The molecule has 98 valence electrons. The topological polar surface area (TPSA) is 39.2 Å². The zero-order valence-electron chi connectivity index (χ0n) is 10.3. The molecule has 0 bridgehead atoms. The minimum absolute atomic E-state index is 0.0337. The number of pyridine rings is 1. The van der Waals surface area contributed by atoms with Crippen molar-refractivity contribution >= 4 is 29.1 Å². The monoisotopic (exact) mass is 293 g/mol. The fourth-order valence-corrected chi connectivity index (χ4v) is 2.54. The second kappa shape index (κ2) is 6.59. The molecule has 0 aliphatic carbocycles. The van der Waals surface area contributed by atoms with Crippen LogP contribution in [0.3, 0.4) is 0 Å². The van der Waals surface area contributed by atoms with E-state index in [9.17, 15) is 4.79 Å². The first-order valence-electron chi connectivity index (χ1n) is 5.60. The van der Waals surface area contributed by atoms with E-state index in [4.69, 9.17) is 16.3 Å². The number of nitrogens with zero attached hydrogens (tertiary/aromatic N) is 1. The molecule has 0 radical (unpaired) electrons. The Balaban J connectivity index is 2.02. The number of carbonyl (C=O) groups is 1. The predicted octanol–water partition coefficient (Wildman–Crippen LogP) is 3.72. The highest BCUT2D eigenvalue weighted by Gasteiger charge is 2.09. The molecule has 2 rings (SSSR count). The number of aromatic nitrogens is 1. The molecule has 2 aromatic rings. The molecule has 0 amide bonds. The van der Waals surface area contributed by atoms with E-state index in [1.54, 1.807) is 37.7 Å². The van der Waals surface area contributed by atoms with Crippen LogP contribution in [0.1, 0.15) is 10.4 Å². The third-order valence-electron chi connectivity index (χ3n) is 2.49. The molecule has 3 nitrogen and oxygen atoms in total. The second-order valence-electron chi connectivity index (χ2n) is 3.74. The van der Waals surface area contributed by atoms with Gasteiger partial charge >= 0.3 is 0 Å². The number of hydrogen-bond donors (Lipinski definition) is 0. The van der Waals surface area contributed by atoms with Crippen molar-refractivity contribution in [3.8, 4) is 5.75 Å². The fraction of sp³-hybridized carbons (Fsp3) is 0.143. The summed E-state index contributed by atoms with van der Waals surface area (Å²) in [6, 6.07) is 8.81. The molecule has 0 saturated carbocycles. The highest BCUT2D eigenvalue weighted by molar-refractivity contribution is 8.00. The van der Waals surface area contributed by atoms with Crippen molar-refractivity contribution in [3.05, 3.63) is 53.3 Å². The van der Waals surface area contributed by atoms with E-state index in [1.807, 2.05) is 12.1 Å². The summed E-state index contributed by atoms with van der Waals surface area (Å²) in [6.07, 6.45) is 3.41. The number of ether oxygens (including phenoxy) is 1. The molecule has 1 heterocycles. The maximum absolute atomic E-state index is 12.0. The van der Waals surface area contributed by atoms with E-state index in [-0.39, 0.29) is 5.78 Å². The maximum atomic E-state index is 12.0. The van der Waals surface area contributed by atoms with Gasteiger partial charge in [0.25, 0.3) is 0 Å². The van der Waals surface area contributed by atoms with E-state index < -0.39 is 0 Å². The number of halogens is 1. The minimum atomic E-state index is 0.0337. The summed E-state index contributed by atoms with van der Waals surface area (Å²) in [5.74, 6) is 0.971. The SMILES string of the molecule is COc1ccc(C(=O)CSc2ccncc2)cc1Cl. The normalized spacial score (nSPS) is 10.2. The van der Waals surface area contributed by atoms with E-state index >= 15 is 0 Å². The molecule has 19 heavy (non-hydrogen) atoms. The standard InChI is InChI=1S/C14H12ClNO2S/c1-18-14-3-2-10(8-12(14)15)13(17)9-19-11-4-6-16-7-5-11/h2-8H,9H2,1H3. The van der Waals surface area contributed by atoms with Gasteiger partial charge in [-0.3, -0.25) is 9.78 Å². The number of rotatable bonds is 5. The summed E-state index contributed by atoms with van der Waals surface area (Å²) in [5, 5.41) is 0.447. The Morgan fingerprint density at radius 2 is 2.05 bits per heavy atom. The lowest BCUT2D eigenvalue weighted by atomic mass is 10.1. The summed E-state index contributed by atoms with van der Waals surface area (Å²) in [4.78, 5) is 17.0. The molecule has 5 heteroatoms. The molecular formula is C14H12ClNO2S. The maximum Gasteiger partial charge on any atom is 0.173 e. The number of hydrogen-bond acceptors (Lipinski definition) is 4. The average Bonchev–Trinajstić information content (AvgIpc) is 2.45. The molecule has 1 aromatic heterocycles. The number of Topliss-reactive ketones (excluding diaryl/α,β-unsaturated/α-hetero) is 1. The summed E-state index contributed by atoms with van der Waals surface area (Å²) in [7, 11) is 1.54. The molecular weight excluding hydrogens is 282 g/mol. The molecule has 0 unspecified atom stereocenters. The summed E-state index contributed by atoms with van der Waals surface area (Å²) >= 11 is 7.47. The molecule has 0 aliphatic rings. The molecule has 0 fully saturated rings. The van der Waals surface area contributed by atoms with Gasteiger partial charge in [0.1, 0.15) is 5.75 Å². The fourth-order valence-electron chi connectivity index (χ4n) is 1.51. The van der Waals surface area contributed by atoms with Crippen molar-refractivity contribution < 1.29 is 9.53 Å². The smallest absolute Gasteiger partial charge is 0.173 e. The summed E-state index contributed by atoms with van der Waals surface area (Å²) in [5.41, 5.74) is 0.590. The molecule has 0 aliphatic heterocycles. The van der Waals surface area contributed by atoms with Gasteiger partial charge in [-0.1, -0.05) is 11.6 Å². The van der Waals surface area contributed by atoms with Crippen LogP contribution in [0.25, 0.3) is 0 Å². The van der Waals surface area contributed by atoms with Gasteiger partial charge in [0.2, 0.25) is 0 Å². The van der Waals surface area contributed by atoms with E-state index in [2.05, 4.69) is 4.98 Å². The average molecular weight is 294 g/mol. The lowest BCUT2D eigenvalue weighted by molar-refractivity contribution is 0.102. The van der Waals surface area contributed by atoms with Crippen molar-refractivity contribution in [3.63, 3.8) is 0 Å². The van der Waals surface area contributed by atoms with Gasteiger partial charge in [-0.2, -0.15) is 0 Å². The molecule has 0 atom stereocenters. The van der Waals surface area contributed by atoms with Gasteiger partial charge in [-0.05, 0) is 30.3 Å².